The van der Waals surface area contributed by atoms with E-state index in [2.05, 4.69) is 122 Å². The third kappa shape index (κ3) is 5.20. The first-order valence-electron chi connectivity index (χ1n) is 9.19. The van der Waals surface area contributed by atoms with E-state index in [0.29, 0.717) is 0 Å². The molecule has 0 atom stereocenters. The Labute approximate surface area is 176 Å². The first kappa shape index (κ1) is 21.6. The second-order valence-electron chi connectivity index (χ2n) is 7.73. The van der Waals surface area contributed by atoms with E-state index in [1.807, 2.05) is 0 Å². The van der Waals surface area contributed by atoms with Crippen molar-refractivity contribution in [1.82, 2.24) is 0 Å². The van der Waals surface area contributed by atoms with E-state index >= 15 is 0 Å². The fraction of sp³-hybridized carbons (Fsp3) is 0.167. The molecule has 0 aliphatic carbocycles. The van der Waals surface area contributed by atoms with E-state index in [4.69, 9.17) is 0 Å². The second-order valence-corrected chi connectivity index (χ2v) is 16.4. The Bertz CT molecular complexity index is 794. The van der Waals surface area contributed by atoms with E-state index in [1.165, 1.54) is 15.9 Å². The van der Waals surface area contributed by atoms with Crippen LogP contribution in [0.15, 0.2) is 91.0 Å². The van der Waals surface area contributed by atoms with Gasteiger partial charge in [0.1, 0.15) is 0 Å². The van der Waals surface area contributed by atoms with Gasteiger partial charge < -0.3 is 0 Å². The fourth-order valence-corrected chi connectivity index (χ4v) is 8.46. The zero-order chi connectivity index (χ0) is 18.5. The average molecular weight is 455 g/mol. The van der Waals surface area contributed by atoms with Crippen LogP contribution in [0.4, 0.5) is 0 Å². The summed E-state index contributed by atoms with van der Waals surface area (Å²) >= 11 is 0. The van der Waals surface area contributed by atoms with Gasteiger partial charge in [-0.3, -0.25) is 0 Å². The molecule has 0 fully saturated rings. The minimum absolute atomic E-state index is 0. The van der Waals surface area contributed by atoms with Gasteiger partial charge in [-0.05, 0) is 0 Å². The summed E-state index contributed by atoms with van der Waals surface area (Å²) in [6.45, 7) is 6.95. The predicted molar refractivity (Wildman–Crippen MR) is 133 cm³/mol. The van der Waals surface area contributed by atoms with Crippen LogP contribution in [-0.4, -0.2) is 14.2 Å². The first-order chi connectivity index (χ1) is 12.5. The maximum absolute atomic E-state index is 3.64. The molecule has 0 heterocycles. The standard InChI is InChI=1S/C24H27PSi.BrH/c1-26(2,3)21-13-20-25(22-14-7-4-8-15-22,23-16-9-5-10-17-23)24-18-11-6-12-19-24;/h4-12,14-19,25H,20H2,1-3H3;1H. The number of benzene rings is 3. The van der Waals surface area contributed by atoms with Gasteiger partial charge in [0, 0.05) is 0 Å². The summed E-state index contributed by atoms with van der Waals surface area (Å²) in [4.78, 5) is 0. The molecule has 0 N–H and O–H groups in total. The van der Waals surface area contributed by atoms with Gasteiger partial charge >= 0.3 is 160 Å². The molecule has 27 heavy (non-hydrogen) atoms. The summed E-state index contributed by atoms with van der Waals surface area (Å²) in [6.07, 6.45) is 0.926. The summed E-state index contributed by atoms with van der Waals surface area (Å²) < 4.78 is 0. The fourth-order valence-electron chi connectivity index (χ4n) is 3.42. The van der Waals surface area contributed by atoms with E-state index in [1.54, 1.807) is 0 Å². The van der Waals surface area contributed by atoms with Crippen molar-refractivity contribution in [1.29, 1.82) is 0 Å². The molecule has 0 saturated heterocycles. The summed E-state index contributed by atoms with van der Waals surface area (Å²) in [7, 11) is -3.57. The minimum atomic E-state index is -2.17. The Hall–Kier alpha value is -1.65. The molecule has 0 radical (unpaired) electrons. The zero-order valence-corrected chi connectivity index (χ0v) is 20.0. The van der Waals surface area contributed by atoms with Crippen LogP contribution < -0.4 is 15.9 Å². The van der Waals surface area contributed by atoms with Gasteiger partial charge in [0.05, 0.1) is 0 Å². The Balaban J connectivity index is 0.00000261. The molecular formula is C24H28BrPSi. The molecule has 0 saturated carbocycles. The molecular weight excluding hydrogens is 427 g/mol. The molecule has 140 valence electrons. The number of rotatable bonds is 4. The monoisotopic (exact) mass is 454 g/mol. The molecule has 0 bridgehead atoms. The molecule has 0 aromatic heterocycles. The zero-order valence-electron chi connectivity index (χ0n) is 16.3. The van der Waals surface area contributed by atoms with Crippen LogP contribution in [0, 0.1) is 11.5 Å². The molecule has 0 aliphatic heterocycles. The van der Waals surface area contributed by atoms with Gasteiger partial charge in [0.25, 0.3) is 0 Å². The molecule has 3 rings (SSSR count). The van der Waals surface area contributed by atoms with Crippen molar-refractivity contribution in [2.45, 2.75) is 19.6 Å². The topological polar surface area (TPSA) is 0 Å². The number of hydrogen-bond acceptors (Lipinski definition) is 0. The average Bonchev–Trinajstić information content (AvgIpc) is 2.67. The van der Waals surface area contributed by atoms with Gasteiger partial charge in [0.2, 0.25) is 0 Å². The SMILES string of the molecule is Br.C[Si](C)(C)C#CC[PH](c1ccccc1)(c1ccccc1)c1ccccc1. The van der Waals surface area contributed by atoms with Crippen LogP contribution in [0.5, 0.6) is 0 Å². The quantitative estimate of drug-likeness (QED) is 0.289. The predicted octanol–water partition coefficient (Wildman–Crippen LogP) is 5.17. The Morgan fingerprint density at radius 1 is 0.630 bits per heavy atom. The summed E-state index contributed by atoms with van der Waals surface area (Å²) in [5.74, 6) is 3.64. The van der Waals surface area contributed by atoms with Crippen LogP contribution in [0.25, 0.3) is 0 Å². The summed E-state index contributed by atoms with van der Waals surface area (Å²) in [5, 5.41) is 4.30. The molecule has 0 nitrogen and oxygen atoms in total. The van der Waals surface area contributed by atoms with Gasteiger partial charge in [-0.2, -0.15) is 0 Å². The van der Waals surface area contributed by atoms with Crippen molar-refractivity contribution in [3.63, 3.8) is 0 Å². The van der Waals surface area contributed by atoms with Crippen molar-refractivity contribution in [3.8, 4) is 11.5 Å². The van der Waals surface area contributed by atoms with E-state index < -0.39 is 15.3 Å². The Morgan fingerprint density at radius 2 is 0.963 bits per heavy atom. The summed E-state index contributed by atoms with van der Waals surface area (Å²) in [5.41, 5.74) is 3.61. The molecule has 3 aromatic carbocycles. The molecule has 0 aliphatic rings. The normalized spacial score (nSPS) is 11.7. The molecule has 0 unspecified atom stereocenters. The third-order valence-electron chi connectivity index (χ3n) is 4.62. The van der Waals surface area contributed by atoms with E-state index in [9.17, 15) is 0 Å². The molecule has 3 heteroatoms. The van der Waals surface area contributed by atoms with Gasteiger partial charge in [-0.25, -0.2) is 0 Å². The van der Waals surface area contributed by atoms with E-state index in [-0.39, 0.29) is 17.0 Å². The second kappa shape index (κ2) is 9.51. The molecule has 0 amide bonds. The van der Waals surface area contributed by atoms with Crippen molar-refractivity contribution in [2.75, 3.05) is 6.16 Å². The first-order valence-corrected chi connectivity index (χ1v) is 14.9. The van der Waals surface area contributed by atoms with Gasteiger partial charge in [0.15, 0.2) is 0 Å². The third-order valence-corrected chi connectivity index (χ3v) is 10.2. The summed E-state index contributed by atoms with van der Waals surface area (Å²) in [6, 6.07) is 33.0. The Kier molecular flexibility index (Phi) is 7.63. The van der Waals surface area contributed by atoms with Crippen molar-refractivity contribution >= 4 is 48.2 Å². The number of halogens is 1. The van der Waals surface area contributed by atoms with Crippen molar-refractivity contribution in [3.05, 3.63) is 91.0 Å². The van der Waals surface area contributed by atoms with E-state index in [0.717, 1.165) is 6.16 Å². The van der Waals surface area contributed by atoms with Gasteiger partial charge in [-0.1, -0.05) is 0 Å². The number of hydrogen-bond donors (Lipinski definition) is 0. The molecule has 3 aromatic rings. The Morgan fingerprint density at radius 3 is 1.26 bits per heavy atom. The van der Waals surface area contributed by atoms with Gasteiger partial charge in [-0.15, -0.1) is 17.0 Å². The van der Waals surface area contributed by atoms with Crippen molar-refractivity contribution in [2.24, 2.45) is 0 Å². The van der Waals surface area contributed by atoms with Crippen LogP contribution in [0.2, 0.25) is 19.6 Å². The van der Waals surface area contributed by atoms with Crippen LogP contribution in [-0.2, 0) is 0 Å². The van der Waals surface area contributed by atoms with Crippen LogP contribution >= 0.6 is 24.2 Å². The maximum atomic E-state index is 3.64. The molecule has 0 spiro atoms. The van der Waals surface area contributed by atoms with Crippen molar-refractivity contribution < 1.29 is 0 Å². The van der Waals surface area contributed by atoms with Crippen LogP contribution in [0.1, 0.15) is 0 Å². The van der Waals surface area contributed by atoms with Crippen LogP contribution in [0.3, 0.4) is 0 Å².